The molecule has 168 valence electrons. The third-order valence-electron chi connectivity index (χ3n) is 6.62. The van der Waals surface area contributed by atoms with Gasteiger partial charge in [0.15, 0.2) is 0 Å². The van der Waals surface area contributed by atoms with E-state index >= 15 is 0 Å². The van der Waals surface area contributed by atoms with Crippen LogP contribution in [0.1, 0.15) is 52.7 Å². The van der Waals surface area contributed by atoms with Crippen molar-refractivity contribution in [1.82, 2.24) is 10.6 Å². The van der Waals surface area contributed by atoms with Crippen LogP contribution >= 0.6 is 0 Å². The van der Waals surface area contributed by atoms with E-state index in [1.807, 2.05) is 43.3 Å². The first kappa shape index (κ1) is 21.1. The Morgan fingerprint density at radius 3 is 1.88 bits per heavy atom. The first-order valence-corrected chi connectivity index (χ1v) is 11.5. The molecule has 0 bridgehead atoms. The second-order valence-corrected chi connectivity index (χ2v) is 8.81. The molecule has 0 saturated carbocycles. The molecule has 2 unspecified atom stereocenters. The van der Waals surface area contributed by atoms with Gasteiger partial charge in [0.1, 0.15) is 0 Å². The largest absolute Gasteiger partial charge is 0.331 e. The monoisotopic (exact) mass is 440 g/mol. The Labute approximate surface area is 193 Å². The molecule has 4 N–H and O–H groups in total. The van der Waals surface area contributed by atoms with Crippen LogP contribution in [-0.2, 0) is 12.8 Å². The molecular weight excluding hydrogens is 412 g/mol. The maximum absolute atomic E-state index is 12.7. The van der Waals surface area contributed by atoms with E-state index in [-0.39, 0.29) is 24.1 Å². The molecule has 2 aliphatic rings. The van der Waals surface area contributed by atoms with E-state index in [1.165, 1.54) is 22.3 Å². The number of nitrogens with one attached hydrogen (secondary N) is 4. The van der Waals surface area contributed by atoms with Gasteiger partial charge < -0.3 is 21.3 Å². The number of fused-ring (bicyclic) bond motifs is 2. The lowest BCUT2D eigenvalue weighted by Gasteiger charge is -2.17. The summed E-state index contributed by atoms with van der Waals surface area (Å²) < 4.78 is 0. The number of urea groups is 2. The highest BCUT2D eigenvalue weighted by Gasteiger charge is 2.24. The molecule has 2 aliphatic carbocycles. The zero-order valence-corrected chi connectivity index (χ0v) is 18.7. The average Bonchev–Trinajstić information content (AvgIpc) is 3.40. The molecule has 0 spiro atoms. The van der Waals surface area contributed by atoms with Crippen LogP contribution in [0.2, 0.25) is 0 Å². The van der Waals surface area contributed by atoms with Crippen molar-refractivity contribution in [1.29, 1.82) is 0 Å². The summed E-state index contributed by atoms with van der Waals surface area (Å²) in [6, 6.07) is 21.5. The highest BCUT2D eigenvalue weighted by atomic mass is 16.2. The third-order valence-corrected chi connectivity index (χ3v) is 6.62. The van der Waals surface area contributed by atoms with Gasteiger partial charge in [-0.15, -0.1) is 0 Å². The molecule has 3 aromatic rings. The third kappa shape index (κ3) is 4.55. The normalized spacial score (nSPS) is 18.2. The predicted molar refractivity (Wildman–Crippen MR) is 130 cm³/mol. The van der Waals surface area contributed by atoms with Crippen LogP contribution in [0.25, 0.3) is 0 Å². The van der Waals surface area contributed by atoms with Gasteiger partial charge in [0, 0.05) is 11.4 Å². The number of carbonyl (C=O) groups excluding carboxylic acids is 2. The molecule has 0 radical (unpaired) electrons. The van der Waals surface area contributed by atoms with Gasteiger partial charge in [-0.05, 0) is 72.6 Å². The first-order valence-electron chi connectivity index (χ1n) is 11.5. The Kier molecular flexibility index (Phi) is 5.73. The molecule has 3 aromatic carbocycles. The summed E-state index contributed by atoms with van der Waals surface area (Å²) in [5, 5.41) is 12.0. The van der Waals surface area contributed by atoms with Crippen molar-refractivity contribution in [2.24, 2.45) is 0 Å². The van der Waals surface area contributed by atoms with Gasteiger partial charge in [0.25, 0.3) is 0 Å². The van der Waals surface area contributed by atoms with Crippen molar-refractivity contribution in [3.8, 4) is 0 Å². The summed E-state index contributed by atoms with van der Waals surface area (Å²) in [5.74, 6) is 0. The van der Waals surface area contributed by atoms with Gasteiger partial charge in [0.05, 0.1) is 12.1 Å². The van der Waals surface area contributed by atoms with Crippen molar-refractivity contribution in [3.05, 3.63) is 94.5 Å². The lowest BCUT2D eigenvalue weighted by atomic mass is 10.1. The standard InChI is InChI=1S/C27H28N4O2/c1-17-10-13-20(28-26(32)29-23-14-11-18-6-2-4-8-21(18)23)16-25(17)31-27(33)30-24-15-12-19-7-3-5-9-22(19)24/h2-10,13,16,23-24H,11-12,14-15H2,1H3,(H2,28,29,32)(H2,30,31,33). The molecular formula is C27H28N4O2. The van der Waals surface area contributed by atoms with Crippen LogP contribution in [0.4, 0.5) is 21.0 Å². The Hall–Kier alpha value is -3.80. The van der Waals surface area contributed by atoms with Gasteiger partial charge in [-0.2, -0.15) is 0 Å². The minimum atomic E-state index is -0.251. The maximum atomic E-state index is 12.7. The summed E-state index contributed by atoms with van der Waals surface area (Å²) in [6.07, 6.45) is 3.75. The van der Waals surface area contributed by atoms with Gasteiger partial charge >= 0.3 is 12.1 Å². The Morgan fingerprint density at radius 2 is 1.27 bits per heavy atom. The molecule has 6 heteroatoms. The second-order valence-electron chi connectivity index (χ2n) is 8.81. The predicted octanol–water partition coefficient (Wildman–Crippen LogP) is 5.61. The molecule has 4 amide bonds. The van der Waals surface area contributed by atoms with E-state index < -0.39 is 0 Å². The van der Waals surface area contributed by atoms with Crippen molar-refractivity contribution in [2.45, 2.75) is 44.7 Å². The number of rotatable bonds is 4. The van der Waals surface area contributed by atoms with Gasteiger partial charge in [-0.1, -0.05) is 54.6 Å². The Bertz CT molecular complexity index is 1210. The minimum Gasteiger partial charge on any atom is -0.331 e. The molecule has 2 atom stereocenters. The van der Waals surface area contributed by atoms with Crippen molar-refractivity contribution < 1.29 is 9.59 Å². The maximum Gasteiger partial charge on any atom is 0.319 e. The lowest BCUT2D eigenvalue weighted by molar-refractivity contribution is 0.247. The fraction of sp³-hybridized carbons (Fsp3) is 0.259. The summed E-state index contributed by atoms with van der Waals surface area (Å²) in [7, 11) is 0. The zero-order valence-electron chi connectivity index (χ0n) is 18.7. The van der Waals surface area contributed by atoms with E-state index in [4.69, 9.17) is 0 Å². The van der Waals surface area contributed by atoms with Gasteiger partial charge in [-0.25, -0.2) is 9.59 Å². The van der Waals surface area contributed by atoms with Crippen LogP contribution < -0.4 is 21.3 Å². The minimum absolute atomic E-state index is 0.0166. The first-order chi connectivity index (χ1) is 16.1. The number of hydrogen-bond donors (Lipinski definition) is 4. The summed E-state index contributed by atoms with van der Waals surface area (Å²) in [4.78, 5) is 25.3. The van der Waals surface area contributed by atoms with Crippen LogP contribution in [0.15, 0.2) is 66.7 Å². The molecule has 0 fully saturated rings. The van der Waals surface area contributed by atoms with Crippen LogP contribution in [0.3, 0.4) is 0 Å². The lowest BCUT2D eigenvalue weighted by Crippen LogP contribution is -2.32. The van der Waals surface area contributed by atoms with E-state index in [2.05, 4.69) is 45.5 Å². The van der Waals surface area contributed by atoms with Crippen molar-refractivity contribution in [2.75, 3.05) is 10.6 Å². The Balaban J connectivity index is 1.20. The topological polar surface area (TPSA) is 82.3 Å². The highest BCUT2D eigenvalue weighted by molar-refractivity contribution is 5.94. The summed E-state index contributed by atoms with van der Waals surface area (Å²) in [6.45, 7) is 1.93. The van der Waals surface area contributed by atoms with E-state index in [9.17, 15) is 9.59 Å². The zero-order chi connectivity index (χ0) is 22.8. The quantitative estimate of drug-likeness (QED) is 0.425. The van der Waals surface area contributed by atoms with Crippen molar-refractivity contribution >= 4 is 23.4 Å². The number of benzene rings is 3. The molecule has 5 rings (SSSR count). The SMILES string of the molecule is Cc1ccc(NC(=O)NC2CCc3ccccc32)cc1NC(=O)NC1CCc2ccccc21. The Morgan fingerprint density at radius 1 is 0.727 bits per heavy atom. The van der Waals surface area contributed by atoms with E-state index in [0.717, 1.165) is 31.2 Å². The van der Waals surface area contributed by atoms with E-state index in [0.29, 0.717) is 11.4 Å². The number of anilines is 2. The molecule has 0 aromatic heterocycles. The van der Waals surface area contributed by atoms with Crippen LogP contribution in [-0.4, -0.2) is 12.1 Å². The van der Waals surface area contributed by atoms with Gasteiger partial charge in [-0.3, -0.25) is 0 Å². The molecule has 6 nitrogen and oxygen atoms in total. The smallest absolute Gasteiger partial charge is 0.319 e. The second kappa shape index (κ2) is 8.98. The number of hydrogen-bond acceptors (Lipinski definition) is 2. The van der Waals surface area contributed by atoms with Gasteiger partial charge in [0.2, 0.25) is 0 Å². The van der Waals surface area contributed by atoms with E-state index in [1.54, 1.807) is 6.07 Å². The molecule has 33 heavy (non-hydrogen) atoms. The fourth-order valence-corrected chi connectivity index (χ4v) is 4.89. The number of aryl methyl sites for hydroxylation is 3. The summed E-state index contributed by atoms with van der Waals surface area (Å²) in [5.41, 5.74) is 7.18. The van der Waals surface area contributed by atoms with Crippen LogP contribution in [0, 0.1) is 6.92 Å². The van der Waals surface area contributed by atoms with Crippen molar-refractivity contribution in [3.63, 3.8) is 0 Å². The summed E-state index contributed by atoms with van der Waals surface area (Å²) >= 11 is 0. The van der Waals surface area contributed by atoms with Crippen LogP contribution in [0.5, 0.6) is 0 Å². The average molecular weight is 441 g/mol. The molecule has 0 heterocycles. The number of carbonyl (C=O) groups is 2. The fourth-order valence-electron chi connectivity index (χ4n) is 4.89. The molecule has 0 aliphatic heterocycles. The molecule has 0 saturated heterocycles. The number of amides is 4. The highest BCUT2D eigenvalue weighted by Crippen LogP contribution is 2.32.